The lowest BCUT2D eigenvalue weighted by Gasteiger charge is -1.68. The summed E-state index contributed by atoms with van der Waals surface area (Å²) < 4.78 is 0. The van der Waals surface area contributed by atoms with Gasteiger partial charge in [0, 0.05) is 5.54 Å². The van der Waals surface area contributed by atoms with Crippen LogP contribution in [0.5, 0.6) is 0 Å². The van der Waals surface area contributed by atoms with Crippen molar-refractivity contribution in [3.8, 4) is 0 Å². The van der Waals surface area contributed by atoms with Crippen LogP contribution in [0.25, 0.3) is 0 Å². The lowest BCUT2D eigenvalue weighted by Crippen LogP contribution is -1.46. The highest BCUT2D eigenvalue weighted by Gasteiger charge is 1.59. The number of hydrogen-bond acceptors (Lipinski definition) is 1. The molecule has 0 unspecified atom stereocenters. The van der Waals surface area contributed by atoms with Gasteiger partial charge in [0.15, 0.2) is 0 Å². The van der Waals surface area contributed by atoms with Crippen LogP contribution < -0.4 is 0 Å². The average molecular weight is 206 g/mol. The summed E-state index contributed by atoms with van der Waals surface area (Å²) in [5.41, 5.74) is 1.49. The van der Waals surface area contributed by atoms with Crippen LogP contribution in [0.1, 0.15) is 6.42 Å². The first-order valence-electron chi connectivity index (χ1n) is 2.08. The second-order valence-corrected chi connectivity index (χ2v) is 2.71. The normalized spacial score (nSPS) is 8.33. The van der Waals surface area contributed by atoms with Crippen molar-refractivity contribution < 1.29 is 0 Å². The maximum Gasteiger partial charge on any atom is 0.0523 e. The van der Waals surface area contributed by atoms with Gasteiger partial charge in [-0.25, -0.2) is 0 Å². The molecule has 4 heteroatoms. The van der Waals surface area contributed by atoms with Crippen LogP contribution >= 0.6 is 43.2 Å². The molecule has 0 heterocycles. The van der Waals surface area contributed by atoms with Crippen LogP contribution in [0.15, 0.2) is 24.3 Å². The summed E-state index contributed by atoms with van der Waals surface area (Å²) in [7, 11) is 10.1. The van der Waals surface area contributed by atoms with Crippen molar-refractivity contribution in [2.24, 2.45) is 0 Å². The highest BCUT2D eigenvalue weighted by atomic mass is 36.0. The van der Waals surface area contributed by atoms with Gasteiger partial charge in [-0.15, -0.1) is 6.58 Å². The third-order valence-electron chi connectivity index (χ3n) is 0.392. The second kappa shape index (κ2) is 15.9. The van der Waals surface area contributed by atoms with Gasteiger partial charge in [0.1, 0.15) is 0 Å². The Bertz CT molecular complexity index is 72.6. The Morgan fingerprint density at radius 1 is 1.44 bits per heavy atom. The van der Waals surface area contributed by atoms with Crippen molar-refractivity contribution in [3.05, 3.63) is 24.3 Å². The molecule has 0 aliphatic rings. The number of allylic oxidation sites excluding steroid dienone is 2. The fourth-order valence-electron chi connectivity index (χ4n) is 0.148. The molecular formula is C5H7Cl3S. The molecule has 0 spiro atoms. The largest absolute Gasteiger partial charge is 0.103 e. The fraction of sp³-hybridized carbons (Fsp3) is 0.200. The molecule has 0 aromatic carbocycles. The zero-order valence-corrected chi connectivity index (χ0v) is 7.77. The predicted molar refractivity (Wildman–Crippen MR) is 49.1 cm³/mol. The molecule has 0 bridgehead atoms. The summed E-state index contributed by atoms with van der Waals surface area (Å²) in [5, 5.41) is 0. The molecule has 0 radical (unpaired) electrons. The van der Waals surface area contributed by atoms with Gasteiger partial charge in [-0.2, -0.15) is 0 Å². The van der Waals surface area contributed by atoms with Gasteiger partial charge in [0.05, 0.1) is 10.2 Å². The molecule has 0 nitrogen and oxygen atoms in total. The van der Waals surface area contributed by atoms with Crippen molar-refractivity contribution in [2.75, 3.05) is 0 Å². The Hall–Kier alpha value is 0.700. The molecule has 54 valence electrons. The molecule has 0 amide bonds. The standard InChI is InChI=1S/C5H7Cl.Cl2S/c1-2-3-4-5-6;1-3-2/h2,4-5H,1,3H2;. The maximum atomic E-state index is 5.15. The molecule has 0 atom stereocenters. The SMILES string of the molecule is C=CCC=CCl.ClSCl. The van der Waals surface area contributed by atoms with E-state index in [0.717, 1.165) is 6.42 Å². The Balaban J connectivity index is 0. The fourth-order valence-corrected chi connectivity index (χ4v) is 0.251. The van der Waals surface area contributed by atoms with Crippen molar-refractivity contribution in [1.82, 2.24) is 0 Å². The summed E-state index contributed by atoms with van der Waals surface area (Å²) in [5.74, 6) is 0. The molecule has 9 heavy (non-hydrogen) atoms. The lowest BCUT2D eigenvalue weighted by atomic mass is 10.4. The monoisotopic (exact) mass is 204 g/mol. The summed E-state index contributed by atoms with van der Waals surface area (Å²) >= 11 is 5.15. The first-order valence-corrected chi connectivity index (χ1v) is 4.99. The first-order chi connectivity index (χ1) is 4.33. The van der Waals surface area contributed by atoms with Crippen molar-refractivity contribution >= 4 is 43.2 Å². The van der Waals surface area contributed by atoms with E-state index in [1.807, 2.05) is 6.08 Å². The van der Waals surface area contributed by atoms with Crippen molar-refractivity contribution in [1.29, 1.82) is 0 Å². The molecule has 0 N–H and O–H groups in total. The highest BCUT2D eigenvalue weighted by Crippen LogP contribution is 2.08. The molecular weight excluding hydrogens is 198 g/mol. The Morgan fingerprint density at radius 3 is 2.00 bits per heavy atom. The maximum absolute atomic E-state index is 5.15. The Morgan fingerprint density at radius 2 is 1.89 bits per heavy atom. The number of halogens is 3. The van der Waals surface area contributed by atoms with Gasteiger partial charge >= 0.3 is 0 Å². The summed E-state index contributed by atoms with van der Waals surface area (Å²) in [6.45, 7) is 3.49. The van der Waals surface area contributed by atoms with E-state index in [1.54, 1.807) is 6.08 Å². The Labute approximate surface area is 73.9 Å². The van der Waals surface area contributed by atoms with Gasteiger partial charge in [0.25, 0.3) is 0 Å². The summed E-state index contributed by atoms with van der Waals surface area (Å²) in [6.07, 6.45) is 4.48. The average Bonchev–Trinajstić information content (AvgIpc) is 1.86. The third-order valence-corrected chi connectivity index (χ3v) is 0.570. The molecule has 0 saturated carbocycles. The molecule has 0 saturated heterocycles. The number of rotatable bonds is 2. The minimum atomic E-state index is 0.694. The van der Waals surface area contributed by atoms with Crippen molar-refractivity contribution in [3.63, 3.8) is 0 Å². The molecule has 0 aromatic heterocycles. The van der Waals surface area contributed by atoms with Crippen LogP contribution in [0, 0.1) is 0 Å². The van der Waals surface area contributed by atoms with Gasteiger partial charge < -0.3 is 0 Å². The van der Waals surface area contributed by atoms with Crippen LogP contribution in [-0.2, 0) is 0 Å². The molecule has 0 aliphatic heterocycles. The zero-order chi connectivity index (χ0) is 7.54. The summed E-state index contributed by atoms with van der Waals surface area (Å²) in [6, 6.07) is 0. The van der Waals surface area contributed by atoms with Crippen LogP contribution in [-0.4, -0.2) is 0 Å². The van der Waals surface area contributed by atoms with Crippen LogP contribution in [0.3, 0.4) is 0 Å². The number of hydrogen-bond donors (Lipinski definition) is 0. The molecule has 0 rings (SSSR count). The highest BCUT2D eigenvalue weighted by molar-refractivity contribution is 8.38. The van der Waals surface area contributed by atoms with Gasteiger partial charge in [-0.3, -0.25) is 0 Å². The first kappa shape index (κ1) is 12.4. The van der Waals surface area contributed by atoms with Gasteiger partial charge in [-0.05, 0) is 27.8 Å². The van der Waals surface area contributed by atoms with Crippen LogP contribution in [0.2, 0.25) is 0 Å². The van der Waals surface area contributed by atoms with Crippen LogP contribution in [0.4, 0.5) is 0 Å². The molecule has 0 fully saturated rings. The van der Waals surface area contributed by atoms with E-state index < -0.39 is 0 Å². The minimum Gasteiger partial charge on any atom is -0.103 e. The van der Waals surface area contributed by atoms with E-state index in [9.17, 15) is 0 Å². The van der Waals surface area contributed by atoms with E-state index in [2.05, 4.69) is 27.9 Å². The quantitative estimate of drug-likeness (QED) is 0.604. The summed E-state index contributed by atoms with van der Waals surface area (Å²) in [4.78, 5) is 0. The van der Waals surface area contributed by atoms with Gasteiger partial charge in [0.2, 0.25) is 0 Å². The van der Waals surface area contributed by atoms with E-state index in [1.165, 1.54) is 5.54 Å². The smallest absolute Gasteiger partial charge is 0.0523 e. The molecule has 0 aromatic rings. The van der Waals surface area contributed by atoms with E-state index in [-0.39, 0.29) is 0 Å². The third kappa shape index (κ3) is 28.5. The van der Waals surface area contributed by atoms with E-state index in [0.29, 0.717) is 10.2 Å². The topological polar surface area (TPSA) is 0 Å². The van der Waals surface area contributed by atoms with Crippen molar-refractivity contribution in [2.45, 2.75) is 6.42 Å². The Kier molecular flexibility index (Phi) is 21.8. The predicted octanol–water partition coefficient (Wildman–Crippen LogP) is 4.34. The minimum absolute atomic E-state index is 0.694. The lowest BCUT2D eigenvalue weighted by molar-refractivity contribution is 1.42. The van der Waals surface area contributed by atoms with E-state index in [4.69, 9.17) is 11.6 Å². The van der Waals surface area contributed by atoms with E-state index >= 15 is 0 Å². The second-order valence-electron chi connectivity index (χ2n) is 0.944. The zero-order valence-electron chi connectivity index (χ0n) is 4.69. The van der Waals surface area contributed by atoms with Gasteiger partial charge in [-0.1, -0.05) is 23.8 Å². The molecule has 0 aliphatic carbocycles.